The normalized spacial score (nSPS) is 11.0. The van der Waals surface area contributed by atoms with E-state index in [1.165, 1.54) is 0 Å². The molecule has 0 unspecified atom stereocenters. The van der Waals surface area contributed by atoms with Crippen molar-refractivity contribution >= 4 is 11.8 Å². The van der Waals surface area contributed by atoms with Crippen LogP contribution in [0.5, 0.6) is 11.5 Å². The minimum atomic E-state index is 0.630. The lowest BCUT2D eigenvalue weighted by Crippen LogP contribution is -2.20. The smallest absolute Gasteiger partial charge is 0.191 e. The van der Waals surface area contributed by atoms with Crippen molar-refractivity contribution in [3.63, 3.8) is 0 Å². The van der Waals surface area contributed by atoms with E-state index in [4.69, 9.17) is 9.47 Å². The molecular formula is C21H26N4O2S. The second-order valence-electron chi connectivity index (χ2n) is 6.45. The van der Waals surface area contributed by atoms with Crippen LogP contribution in [0.3, 0.4) is 0 Å². The minimum absolute atomic E-state index is 0.630. The van der Waals surface area contributed by atoms with Crippen molar-refractivity contribution in [1.29, 1.82) is 0 Å². The number of thioether (sulfide) groups is 1. The second kappa shape index (κ2) is 10.1. The third-order valence-electron chi connectivity index (χ3n) is 4.30. The molecule has 3 rings (SSSR count). The Labute approximate surface area is 170 Å². The fraction of sp³-hybridized carbons (Fsp3) is 0.333. The monoisotopic (exact) mass is 398 g/mol. The van der Waals surface area contributed by atoms with Crippen molar-refractivity contribution in [3.05, 3.63) is 66.0 Å². The highest BCUT2D eigenvalue weighted by Crippen LogP contribution is 2.20. The quantitative estimate of drug-likeness (QED) is 0.384. The molecule has 0 bridgehead atoms. The lowest BCUT2D eigenvalue weighted by molar-refractivity contribution is 0.298. The number of aromatic nitrogens is 3. The Morgan fingerprint density at radius 1 is 1.00 bits per heavy atom. The van der Waals surface area contributed by atoms with Gasteiger partial charge < -0.3 is 14.0 Å². The molecule has 0 amide bonds. The Morgan fingerprint density at radius 2 is 1.75 bits per heavy atom. The van der Waals surface area contributed by atoms with Gasteiger partial charge in [-0.25, -0.2) is 0 Å². The molecule has 0 spiro atoms. The van der Waals surface area contributed by atoms with E-state index in [2.05, 4.69) is 28.2 Å². The number of benzene rings is 2. The summed E-state index contributed by atoms with van der Waals surface area (Å²) in [5, 5.41) is 9.58. The van der Waals surface area contributed by atoms with Crippen LogP contribution >= 0.6 is 11.8 Å². The molecule has 3 aromatic rings. The van der Waals surface area contributed by atoms with E-state index in [1.807, 2.05) is 60.1 Å². The van der Waals surface area contributed by atoms with Crippen LogP contribution in [0.25, 0.3) is 0 Å². The van der Waals surface area contributed by atoms with Gasteiger partial charge in [0, 0.05) is 24.9 Å². The van der Waals surface area contributed by atoms with Crippen LogP contribution in [-0.4, -0.2) is 46.2 Å². The standard InChI is InChI=1S/C21H26N4O2S/c1-24(15-17-9-7-8-12-19(17)26-3)16-20-22-23-21(25(20)2)28-14-13-27-18-10-5-4-6-11-18/h4-12H,13-16H2,1-3H3. The first-order valence-electron chi connectivity index (χ1n) is 9.16. The predicted molar refractivity (Wildman–Crippen MR) is 112 cm³/mol. The average molecular weight is 399 g/mol. The SMILES string of the molecule is COc1ccccc1CN(C)Cc1nnc(SCCOc2ccccc2)n1C. The summed E-state index contributed by atoms with van der Waals surface area (Å²) in [5.74, 6) is 3.54. The van der Waals surface area contributed by atoms with E-state index in [9.17, 15) is 0 Å². The molecule has 7 heteroatoms. The first-order valence-corrected chi connectivity index (χ1v) is 10.2. The average Bonchev–Trinajstić information content (AvgIpc) is 3.06. The maximum Gasteiger partial charge on any atom is 0.191 e. The Kier molecular flexibility index (Phi) is 7.33. The van der Waals surface area contributed by atoms with Crippen molar-refractivity contribution < 1.29 is 9.47 Å². The van der Waals surface area contributed by atoms with Crippen molar-refractivity contribution in [3.8, 4) is 11.5 Å². The summed E-state index contributed by atoms with van der Waals surface area (Å²) >= 11 is 1.65. The molecule has 0 aliphatic rings. The molecule has 0 atom stereocenters. The van der Waals surface area contributed by atoms with Crippen molar-refractivity contribution in [2.75, 3.05) is 26.5 Å². The summed E-state index contributed by atoms with van der Waals surface area (Å²) in [7, 11) is 5.78. The summed E-state index contributed by atoms with van der Waals surface area (Å²) in [6.45, 7) is 2.12. The topological polar surface area (TPSA) is 52.4 Å². The van der Waals surface area contributed by atoms with Crippen LogP contribution in [0.1, 0.15) is 11.4 Å². The highest BCUT2D eigenvalue weighted by Gasteiger charge is 2.13. The number of nitrogens with zero attached hydrogens (tertiary/aromatic N) is 4. The first kappa shape index (κ1) is 20.2. The number of ether oxygens (including phenoxy) is 2. The maximum atomic E-state index is 5.73. The molecule has 0 fully saturated rings. The van der Waals surface area contributed by atoms with Crippen LogP contribution in [0.2, 0.25) is 0 Å². The van der Waals surface area contributed by atoms with E-state index in [0.29, 0.717) is 13.2 Å². The summed E-state index contributed by atoms with van der Waals surface area (Å²) in [5.41, 5.74) is 1.15. The Bertz CT molecular complexity index is 870. The number of methoxy groups -OCH3 is 1. The van der Waals surface area contributed by atoms with Crippen molar-refractivity contribution in [2.24, 2.45) is 7.05 Å². The fourth-order valence-corrected chi connectivity index (χ4v) is 3.59. The van der Waals surface area contributed by atoms with Gasteiger partial charge in [0.15, 0.2) is 5.16 Å². The Hall–Kier alpha value is -2.51. The Morgan fingerprint density at radius 3 is 2.54 bits per heavy atom. The van der Waals surface area contributed by atoms with Gasteiger partial charge in [-0.15, -0.1) is 10.2 Å². The number of hydrogen-bond acceptors (Lipinski definition) is 6. The molecule has 0 N–H and O–H groups in total. The molecule has 0 radical (unpaired) electrons. The minimum Gasteiger partial charge on any atom is -0.496 e. The number of para-hydroxylation sites is 2. The van der Waals surface area contributed by atoms with Gasteiger partial charge in [0.1, 0.15) is 17.3 Å². The molecular weight excluding hydrogens is 372 g/mol. The van der Waals surface area contributed by atoms with Crippen LogP contribution in [-0.2, 0) is 20.1 Å². The van der Waals surface area contributed by atoms with E-state index < -0.39 is 0 Å². The van der Waals surface area contributed by atoms with Gasteiger partial charge in [-0.2, -0.15) is 0 Å². The number of hydrogen-bond donors (Lipinski definition) is 0. The summed E-state index contributed by atoms with van der Waals surface area (Å²) in [4.78, 5) is 2.20. The zero-order valence-electron chi connectivity index (χ0n) is 16.5. The molecule has 6 nitrogen and oxygen atoms in total. The largest absolute Gasteiger partial charge is 0.496 e. The first-order chi connectivity index (χ1) is 13.7. The van der Waals surface area contributed by atoms with Gasteiger partial charge in [-0.05, 0) is 25.2 Å². The van der Waals surface area contributed by atoms with E-state index >= 15 is 0 Å². The van der Waals surface area contributed by atoms with Gasteiger partial charge >= 0.3 is 0 Å². The summed E-state index contributed by atoms with van der Waals surface area (Å²) in [6.07, 6.45) is 0. The van der Waals surface area contributed by atoms with Gasteiger partial charge in [0.05, 0.1) is 20.3 Å². The molecule has 0 aliphatic carbocycles. The van der Waals surface area contributed by atoms with Gasteiger partial charge in [0.25, 0.3) is 0 Å². The number of rotatable bonds is 10. The van der Waals surface area contributed by atoms with Gasteiger partial charge in [0.2, 0.25) is 0 Å². The lowest BCUT2D eigenvalue weighted by atomic mass is 10.2. The maximum absolute atomic E-state index is 5.73. The molecule has 0 saturated carbocycles. The zero-order valence-corrected chi connectivity index (χ0v) is 17.4. The molecule has 2 aromatic carbocycles. The van der Waals surface area contributed by atoms with Crippen LogP contribution < -0.4 is 9.47 Å². The lowest BCUT2D eigenvalue weighted by Gasteiger charge is -2.17. The Balaban J connectivity index is 1.49. The second-order valence-corrected chi connectivity index (χ2v) is 7.51. The van der Waals surface area contributed by atoms with E-state index in [0.717, 1.165) is 40.3 Å². The van der Waals surface area contributed by atoms with Crippen LogP contribution in [0, 0.1) is 0 Å². The molecule has 0 aliphatic heterocycles. The molecule has 0 saturated heterocycles. The van der Waals surface area contributed by atoms with Crippen LogP contribution in [0.15, 0.2) is 59.8 Å². The third kappa shape index (κ3) is 5.50. The van der Waals surface area contributed by atoms with Crippen molar-refractivity contribution in [1.82, 2.24) is 19.7 Å². The summed E-state index contributed by atoms with van der Waals surface area (Å²) < 4.78 is 13.2. The van der Waals surface area contributed by atoms with Gasteiger partial charge in [-0.3, -0.25) is 4.90 Å². The van der Waals surface area contributed by atoms with Gasteiger partial charge in [-0.1, -0.05) is 48.2 Å². The fourth-order valence-electron chi connectivity index (χ4n) is 2.84. The van der Waals surface area contributed by atoms with E-state index in [-0.39, 0.29) is 0 Å². The van der Waals surface area contributed by atoms with Crippen LogP contribution in [0.4, 0.5) is 0 Å². The predicted octanol–water partition coefficient (Wildman–Crippen LogP) is 3.63. The van der Waals surface area contributed by atoms with E-state index in [1.54, 1.807) is 18.9 Å². The highest BCUT2D eigenvalue weighted by molar-refractivity contribution is 7.99. The molecule has 148 valence electrons. The molecule has 28 heavy (non-hydrogen) atoms. The summed E-state index contributed by atoms with van der Waals surface area (Å²) in [6, 6.07) is 17.9. The van der Waals surface area contributed by atoms with Crippen molar-refractivity contribution in [2.45, 2.75) is 18.2 Å². The highest BCUT2D eigenvalue weighted by atomic mass is 32.2. The molecule has 1 heterocycles. The third-order valence-corrected chi connectivity index (χ3v) is 5.28. The molecule has 1 aromatic heterocycles. The zero-order chi connectivity index (χ0) is 19.8.